The molecule has 18 heavy (non-hydrogen) atoms. The first kappa shape index (κ1) is 15.0. The third kappa shape index (κ3) is 3.70. The lowest BCUT2D eigenvalue weighted by Gasteiger charge is -2.28. The third-order valence-corrected chi connectivity index (χ3v) is 3.67. The van der Waals surface area contributed by atoms with Crippen LogP contribution in [0.5, 0.6) is 0 Å². The Bertz CT molecular complexity index is 299. The Morgan fingerprint density at radius 3 is 2.50 bits per heavy atom. The van der Waals surface area contributed by atoms with Crippen molar-refractivity contribution in [3.63, 3.8) is 0 Å². The molecule has 1 heterocycles. The molecule has 1 N–H and O–H groups in total. The molecule has 0 bridgehead atoms. The second kappa shape index (κ2) is 6.73. The van der Waals surface area contributed by atoms with Crippen LogP contribution in [0.1, 0.15) is 33.6 Å². The number of hydrogen-bond acceptors (Lipinski definition) is 3. The second-order valence-electron chi connectivity index (χ2n) is 4.93. The number of ether oxygens (including phenoxy) is 1. The van der Waals surface area contributed by atoms with Gasteiger partial charge < -0.3 is 14.7 Å². The summed E-state index contributed by atoms with van der Waals surface area (Å²) in [6.45, 7) is 7.09. The van der Waals surface area contributed by atoms with Gasteiger partial charge in [-0.25, -0.2) is 0 Å². The first-order valence-electron chi connectivity index (χ1n) is 6.60. The van der Waals surface area contributed by atoms with Gasteiger partial charge in [-0.3, -0.25) is 9.59 Å². The molecule has 5 heteroatoms. The minimum atomic E-state index is -0.927. The van der Waals surface area contributed by atoms with Crippen LogP contribution in [0.3, 0.4) is 0 Å². The van der Waals surface area contributed by atoms with Crippen LogP contribution >= 0.6 is 0 Å². The Labute approximate surface area is 108 Å². The smallest absolute Gasteiger partial charge is 0.307 e. The predicted molar refractivity (Wildman–Crippen MR) is 67.2 cm³/mol. The van der Waals surface area contributed by atoms with Gasteiger partial charge in [0.25, 0.3) is 0 Å². The van der Waals surface area contributed by atoms with Crippen LogP contribution in [0, 0.1) is 11.8 Å². The van der Waals surface area contributed by atoms with E-state index in [1.165, 1.54) is 0 Å². The highest BCUT2D eigenvalue weighted by molar-refractivity contribution is 5.84. The Morgan fingerprint density at radius 1 is 1.39 bits per heavy atom. The molecule has 1 fully saturated rings. The molecular formula is C13H23NO4. The summed E-state index contributed by atoms with van der Waals surface area (Å²) in [4.78, 5) is 24.8. The molecule has 0 saturated carbocycles. The van der Waals surface area contributed by atoms with Gasteiger partial charge in [0.05, 0.1) is 12.0 Å². The van der Waals surface area contributed by atoms with Crippen LogP contribution in [0.15, 0.2) is 0 Å². The van der Waals surface area contributed by atoms with Gasteiger partial charge >= 0.3 is 5.97 Å². The maximum absolute atomic E-state index is 12.2. The molecule has 0 spiro atoms. The Balaban J connectivity index is 2.57. The standard InChI is InChI=1S/C13H23NO4/c1-4-14(8-11-6-5-7-18-11)12(15)9(2)10(3)13(16)17/h9-11H,4-8H2,1-3H3,(H,16,17). The zero-order valence-electron chi connectivity index (χ0n) is 11.4. The summed E-state index contributed by atoms with van der Waals surface area (Å²) in [6.07, 6.45) is 2.13. The van der Waals surface area contributed by atoms with Crippen molar-refractivity contribution in [3.05, 3.63) is 0 Å². The average molecular weight is 257 g/mol. The minimum absolute atomic E-state index is 0.0945. The van der Waals surface area contributed by atoms with Gasteiger partial charge in [0.1, 0.15) is 0 Å². The number of hydrogen-bond donors (Lipinski definition) is 1. The van der Waals surface area contributed by atoms with Crippen molar-refractivity contribution in [1.82, 2.24) is 4.90 Å². The number of nitrogens with zero attached hydrogens (tertiary/aromatic N) is 1. The van der Waals surface area contributed by atoms with E-state index in [2.05, 4.69) is 0 Å². The van der Waals surface area contributed by atoms with Gasteiger partial charge in [-0.05, 0) is 19.8 Å². The van der Waals surface area contributed by atoms with Crippen molar-refractivity contribution < 1.29 is 19.4 Å². The number of carboxylic acids is 1. The van der Waals surface area contributed by atoms with Gasteiger partial charge in [0.15, 0.2) is 0 Å². The van der Waals surface area contributed by atoms with E-state index in [0.717, 1.165) is 19.4 Å². The van der Waals surface area contributed by atoms with E-state index in [0.29, 0.717) is 13.1 Å². The quantitative estimate of drug-likeness (QED) is 0.780. The molecule has 3 atom stereocenters. The van der Waals surface area contributed by atoms with Crippen molar-refractivity contribution in [2.75, 3.05) is 19.7 Å². The zero-order valence-corrected chi connectivity index (χ0v) is 11.4. The fourth-order valence-electron chi connectivity index (χ4n) is 2.12. The molecule has 1 aliphatic heterocycles. The monoisotopic (exact) mass is 257 g/mol. The van der Waals surface area contributed by atoms with Crippen LogP contribution in [-0.2, 0) is 14.3 Å². The normalized spacial score (nSPS) is 22.5. The van der Waals surface area contributed by atoms with E-state index in [-0.39, 0.29) is 12.0 Å². The van der Waals surface area contributed by atoms with Gasteiger partial charge in [-0.1, -0.05) is 13.8 Å². The van der Waals surface area contributed by atoms with Gasteiger partial charge in [-0.2, -0.15) is 0 Å². The molecule has 5 nitrogen and oxygen atoms in total. The summed E-state index contributed by atoms with van der Waals surface area (Å²) in [7, 11) is 0. The van der Waals surface area contributed by atoms with E-state index in [9.17, 15) is 9.59 Å². The van der Waals surface area contributed by atoms with Crippen LogP contribution in [0.4, 0.5) is 0 Å². The Hall–Kier alpha value is -1.10. The van der Waals surface area contributed by atoms with Crippen molar-refractivity contribution in [1.29, 1.82) is 0 Å². The fourth-order valence-corrected chi connectivity index (χ4v) is 2.12. The maximum atomic E-state index is 12.2. The molecule has 3 unspecified atom stereocenters. The highest BCUT2D eigenvalue weighted by Crippen LogP contribution is 2.18. The van der Waals surface area contributed by atoms with Crippen molar-refractivity contribution in [3.8, 4) is 0 Å². The summed E-state index contributed by atoms with van der Waals surface area (Å²) < 4.78 is 5.51. The van der Waals surface area contributed by atoms with E-state index in [1.807, 2.05) is 6.92 Å². The predicted octanol–water partition coefficient (Wildman–Crippen LogP) is 1.37. The first-order chi connectivity index (χ1) is 8.47. The molecule has 1 saturated heterocycles. The largest absolute Gasteiger partial charge is 0.481 e. The summed E-state index contributed by atoms with van der Waals surface area (Å²) in [5, 5.41) is 8.94. The third-order valence-electron chi connectivity index (χ3n) is 3.67. The molecule has 0 aromatic carbocycles. The van der Waals surface area contributed by atoms with E-state index >= 15 is 0 Å². The van der Waals surface area contributed by atoms with Crippen LogP contribution in [0.2, 0.25) is 0 Å². The lowest BCUT2D eigenvalue weighted by molar-refractivity contribution is -0.149. The number of amides is 1. The Kier molecular flexibility index (Phi) is 5.59. The number of likely N-dealkylation sites (N-methyl/N-ethyl adjacent to an activating group) is 1. The first-order valence-corrected chi connectivity index (χ1v) is 6.60. The molecule has 1 amide bonds. The maximum Gasteiger partial charge on any atom is 0.307 e. The van der Waals surface area contributed by atoms with Gasteiger partial charge in [0, 0.05) is 25.6 Å². The number of carbonyl (C=O) groups excluding carboxylic acids is 1. The van der Waals surface area contributed by atoms with E-state index < -0.39 is 17.8 Å². The van der Waals surface area contributed by atoms with Crippen molar-refractivity contribution in [2.45, 2.75) is 39.7 Å². The summed E-state index contributed by atoms with van der Waals surface area (Å²) in [5.41, 5.74) is 0. The van der Waals surface area contributed by atoms with Crippen LogP contribution in [-0.4, -0.2) is 47.7 Å². The molecule has 0 aromatic rings. The summed E-state index contributed by atoms with van der Waals surface area (Å²) in [6, 6.07) is 0. The summed E-state index contributed by atoms with van der Waals surface area (Å²) >= 11 is 0. The minimum Gasteiger partial charge on any atom is -0.481 e. The Morgan fingerprint density at radius 2 is 2.06 bits per heavy atom. The van der Waals surface area contributed by atoms with E-state index in [4.69, 9.17) is 9.84 Å². The molecule has 0 aliphatic carbocycles. The van der Waals surface area contributed by atoms with Crippen molar-refractivity contribution >= 4 is 11.9 Å². The van der Waals surface area contributed by atoms with Crippen LogP contribution in [0.25, 0.3) is 0 Å². The lowest BCUT2D eigenvalue weighted by Crippen LogP contribution is -2.42. The molecule has 1 rings (SSSR count). The molecular weight excluding hydrogens is 234 g/mol. The van der Waals surface area contributed by atoms with Gasteiger partial charge in [-0.15, -0.1) is 0 Å². The zero-order chi connectivity index (χ0) is 13.7. The average Bonchev–Trinajstić information content (AvgIpc) is 2.85. The molecule has 0 radical (unpaired) electrons. The summed E-state index contributed by atoms with van der Waals surface area (Å²) in [5.74, 6) is -2.17. The highest BCUT2D eigenvalue weighted by Gasteiger charge is 2.30. The van der Waals surface area contributed by atoms with Gasteiger partial charge in [0.2, 0.25) is 5.91 Å². The SMILES string of the molecule is CCN(CC1CCCO1)C(=O)C(C)C(C)C(=O)O. The van der Waals surface area contributed by atoms with E-state index in [1.54, 1.807) is 18.7 Å². The molecule has 104 valence electrons. The topological polar surface area (TPSA) is 66.8 Å². The molecule has 1 aliphatic rings. The number of aliphatic carboxylic acids is 1. The number of carbonyl (C=O) groups is 2. The highest BCUT2D eigenvalue weighted by atomic mass is 16.5. The lowest BCUT2D eigenvalue weighted by atomic mass is 9.94. The van der Waals surface area contributed by atoms with Crippen LogP contribution < -0.4 is 0 Å². The second-order valence-corrected chi connectivity index (χ2v) is 4.93. The van der Waals surface area contributed by atoms with Crippen molar-refractivity contribution in [2.24, 2.45) is 11.8 Å². The molecule has 0 aromatic heterocycles. The number of carboxylic acid groups (broad SMARTS) is 1. The fraction of sp³-hybridized carbons (Fsp3) is 0.846. The number of rotatable bonds is 6.